The van der Waals surface area contributed by atoms with E-state index in [2.05, 4.69) is 52.3 Å². The Morgan fingerprint density at radius 2 is 2.11 bits per heavy atom. The molecule has 0 amide bonds. The first-order valence-corrected chi connectivity index (χ1v) is 6.56. The lowest BCUT2D eigenvalue weighted by Crippen LogP contribution is -2.07. The van der Waals surface area contributed by atoms with Crippen LogP contribution in [0.3, 0.4) is 0 Å². The summed E-state index contributed by atoms with van der Waals surface area (Å²) in [4.78, 5) is 4.41. The van der Waals surface area contributed by atoms with E-state index in [0.29, 0.717) is 0 Å². The predicted octanol–water partition coefficient (Wildman–Crippen LogP) is 2.60. The second-order valence-electron chi connectivity index (χ2n) is 4.57. The molecule has 1 heterocycles. The maximum atomic E-state index is 4.41. The highest BCUT2D eigenvalue weighted by atomic mass is 15.1. The van der Waals surface area contributed by atoms with E-state index in [9.17, 15) is 0 Å². The van der Waals surface area contributed by atoms with Crippen LogP contribution in [0, 0.1) is 0 Å². The van der Waals surface area contributed by atoms with Gasteiger partial charge in [-0.25, -0.2) is 4.98 Å². The van der Waals surface area contributed by atoms with Gasteiger partial charge in [0.05, 0.1) is 0 Å². The van der Waals surface area contributed by atoms with Gasteiger partial charge in [0.2, 0.25) is 0 Å². The van der Waals surface area contributed by atoms with Gasteiger partial charge < -0.3 is 9.88 Å². The largest absolute Gasteiger partial charge is 0.331 e. The number of aryl methyl sites for hydroxylation is 1. The molecule has 0 aliphatic heterocycles. The van der Waals surface area contributed by atoms with Crippen molar-refractivity contribution in [2.45, 2.75) is 32.9 Å². The van der Waals surface area contributed by atoms with Crippen molar-refractivity contribution < 1.29 is 0 Å². The van der Waals surface area contributed by atoms with E-state index >= 15 is 0 Å². The third-order valence-corrected chi connectivity index (χ3v) is 3.00. The number of hydrogen-bond acceptors (Lipinski definition) is 2. The molecule has 3 nitrogen and oxygen atoms in total. The summed E-state index contributed by atoms with van der Waals surface area (Å²) in [6.07, 6.45) is 6.14. The van der Waals surface area contributed by atoms with Crippen molar-refractivity contribution in [3.63, 3.8) is 0 Å². The van der Waals surface area contributed by atoms with Crippen LogP contribution in [0.5, 0.6) is 0 Å². The molecule has 2 rings (SSSR count). The van der Waals surface area contributed by atoms with Gasteiger partial charge in [-0.1, -0.05) is 31.2 Å². The number of hydrogen-bond donors (Lipinski definition) is 1. The van der Waals surface area contributed by atoms with Gasteiger partial charge in [0, 0.05) is 31.9 Å². The van der Waals surface area contributed by atoms with Crippen LogP contribution in [0.2, 0.25) is 0 Å². The molecule has 0 radical (unpaired) electrons. The van der Waals surface area contributed by atoms with E-state index in [0.717, 1.165) is 25.9 Å². The Bertz CT molecular complexity index is 488. The van der Waals surface area contributed by atoms with E-state index in [1.165, 1.54) is 17.0 Å². The summed E-state index contributed by atoms with van der Waals surface area (Å²) in [5.74, 6) is 1.18. The first-order chi connectivity index (χ1) is 8.83. The molecule has 1 aromatic carbocycles. The summed E-state index contributed by atoms with van der Waals surface area (Å²) in [6, 6.07) is 8.71. The van der Waals surface area contributed by atoms with Crippen LogP contribution in [0.4, 0.5) is 0 Å². The van der Waals surface area contributed by atoms with Crippen LogP contribution < -0.4 is 5.32 Å². The smallest absolute Gasteiger partial charge is 0.108 e. The SMILES string of the molecule is CCCc1nccn1Cc1cccc(CNC)c1. The molecule has 0 unspecified atom stereocenters. The van der Waals surface area contributed by atoms with Crippen LogP contribution in [0.25, 0.3) is 0 Å². The molecular weight excluding hydrogens is 222 g/mol. The first kappa shape index (κ1) is 12.8. The first-order valence-electron chi connectivity index (χ1n) is 6.56. The molecule has 0 saturated heterocycles. The maximum Gasteiger partial charge on any atom is 0.108 e. The van der Waals surface area contributed by atoms with Gasteiger partial charge >= 0.3 is 0 Å². The predicted molar refractivity (Wildman–Crippen MR) is 74.5 cm³/mol. The Morgan fingerprint density at radius 3 is 2.89 bits per heavy atom. The zero-order chi connectivity index (χ0) is 12.8. The highest BCUT2D eigenvalue weighted by Crippen LogP contribution is 2.10. The summed E-state index contributed by atoms with van der Waals surface area (Å²) in [5, 5.41) is 3.18. The lowest BCUT2D eigenvalue weighted by atomic mass is 10.1. The van der Waals surface area contributed by atoms with E-state index < -0.39 is 0 Å². The monoisotopic (exact) mass is 243 g/mol. The summed E-state index contributed by atoms with van der Waals surface area (Å²) in [7, 11) is 1.97. The standard InChI is InChI=1S/C15H21N3/c1-3-5-15-17-8-9-18(15)12-14-7-4-6-13(10-14)11-16-2/h4,6-10,16H,3,5,11-12H2,1-2H3. The molecule has 1 N–H and O–H groups in total. The van der Waals surface area contributed by atoms with Crippen LogP contribution in [-0.4, -0.2) is 16.6 Å². The van der Waals surface area contributed by atoms with Crippen molar-refractivity contribution in [1.29, 1.82) is 0 Å². The van der Waals surface area contributed by atoms with Crippen LogP contribution >= 0.6 is 0 Å². The van der Waals surface area contributed by atoms with E-state index in [4.69, 9.17) is 0 Å². The fourth-order valence-corrected chi connectivity index (χ4v) is 2.17. The molecule has 18 heavy (non-hydrogen) atoms. The summed E-state index contributed by atoms with van der Waals surface area (Å²) in [6.45, 7) is 4.01. The fourth-order valence-electron chi connectivity index (χ4n) is 2.17. The average Bonchev–Trinajstić information content (AvgIpc) is 2.78. The highest BCUT2D eigenvalue weighted by molar-refractivity contribution is 5.24. The Labute approximate surface area is 109 Å². The van der Waals surface area contributed by atoms with E-state index in [1.54, 1.807) is 0 Å². The molecular formula is C15H21N3. The lowest BCUT2D eigenvalue weighted by molar-refractivity contribution is 0.703. The number of nitrogens with one attached hydrogen (secondary N) is 1. The summed E-state index contributed by atoms with van der Waals surface area (Å²) in [5.41, 5.74) is 2.66. The van der Waals surface area contributed by atoms with E-state index in [1.807, 2.05) is 13.2 Å². The Morgan fingerprint density at radius 1 is 1.28 bits per heavy atom. The molecule has 0 fully saturated rings. The van der Waals surface area contributed by atoms with Crippen molar-refractivity contribution in [2.75, 3.05) is 7.05 Å². The molecule has 96 valence electrons. The highest BCUT2D eigenvalue weighted by Gasteiger charge is 2.03. The number of imidazole rings is 1. The minimum absolute atomic E-state index is 0.910. The molecule has 2 aromatic rings. The van der Waals surface area contributed by atoms with Crippen molar-refractivity contribution in [2.24, 2.45) is 0 Å². The second kappa shape index (κ2) is 6.36. The van der Waals surface area contributed by atoms with Crippen molar-refractivity contribution in [3.8, 4) is 0 Å². The average molecular weight is 243 g/mol. The van der Waals surface area contributed by atoms with Gasteiger partial charge in [0.1, 0.15) is 5.82 Å². The minimum atomic E-state index is 0.910. The lowest BCUT2D eigenvalue weighted by Gasteiger charge is -2.09. The van der Waals surface area contributed by atoms with Crippen LogP contribution in [-0.2, 0) is 19.5 Å². The zero-order valence-electron chi connectivity index (χ0n) is 11.2. The van der Waals surface area contributed by atoms with Gasteiger partial charge in [-0.3, -0.25) is 0 Å². The van der Waals surface area contributed by atoms with Gasteiger partial charge in [-0.15, -0.1) is 0 Å². The zero-order valence-corrected chi connectivity index (χ0v) is 11.2. The molecule has 1 aromatic heterocycles. The molecule has 3 heteroatoms. The maximum absolute atomic E-state index is 4.41. The number of rotatable bonds is 6. The molecule has 0 bridgehead atoms. The van der Waals surface area contributed by atoms with Crippen LogP contribution in [0.1, 0.15) is 30.3 Å². The third kappa shape index (κ3) is 3.20. The molecule has 0 atom stereocenters. The minimum Gasteiger partial charge on any atom is -0.331 e. The molecule has 0 saturated carbocycles. The van der Waals surface area contributed by atoms with Gasteiger partial charge in [0.25, 0.3) is 0 Å². The van der Waals surface area contributed by atoms with Gasteiger partial charge in [-0.05, 0) is 24.6 Å². The fraction of sp³-hybridized carbons (Fsp3) is 0.400. The summed E-state index contributed by atoms with van der Waals surface area (Å²) >= 11 is 0. The molecule has 0 spiro atoms. The second-order valence-corrected chi connectivity index (χ2v) is 4.57. The molecule has 0 aliphatic rings. The van der Waals surface area contributed by atoms with Crippen molar-refractivity contribution >= 4 is 0 Å². The van der Waals surface area contributed by atoms with Crippen LogP contribution in [0.15, 0.2) is 36.7 Å². The summed E-state index contributed by atoms with van der Waals surface area (Å²) < 4.78 is 2.24. The third-order valence-electron chi connectivity index (χ3n) is 3.00. The Kier molecular flexibility index (Phi) is 4.53. The normalized spacial score (nSPS) is 10.8. The van der Waals surface area contributed by atoms with Gasteiger partial charge in [0.15, 0.2) is 0 Å². The molecule has 0 aliphatic carbocycles. The van der Waals surface area contributed by atoms with Gasteiger partial charge in [-0.2, -0.15) is 0 Å². The Balaban J connectivity index is 2.12. The topological polar surface area (TPSA) is 29.9 Å². The van der Waals surface area contributed by atoms with Crippen molar-refractivity contribution in [1.82, 2.24) is 14.9 Å². The number of aromatic nitrogens is 2. The van der Waals surface area contributed by atoms with E-state index in [-0.39, 0.29) is 0 Å². The number of benzene rings is 1. The Hall–Kier alpha value is -1.61. The quantitative estimate of drug-likeness (QED) is 0.845. The van der Waals surface area contributed by atoms with Crippen molar-refractivity contribution in [3.05, 3.63) is 53.6 Å². The number of nitrogens with zero attached hydrogens (tertiary/aromatic N) is 2.